The maximum absolute atomic E-state index is 12.8. The molecule has 0 bridgehead atoms. The summed E-state index contributed by atoms with van der Waals surface area (Å²) >= 11 is 0. The van der Waals surface area contributed by atoms with Crippen molar-refractivity contribution in [2.24, 2.45) is 0 Å². The summed E-state index contributed by atoms with van der Waals surface area (Å²) < 4.78 is 12.0. The van der Waals surface area contributed by atoms with E-state index in [0.717, 1.165) is 41.6 Å². The lowest BCUT2D eigenvalue weighted by Gasteiger charge is -2.12. The average molecular weight is 487 g/mol. The van der Waals surface area contributed by atoms with Gasteiger partial charge in [-0.3, -0.25) is 15.1 Å². The van der Waals surface area contributed by atoms with Gasteiger partial charge in [0.05, 0.1) is 25.6 Å². The number of methoxy groups -OCH3 is 2. The molecule has 2 heterocycles. The Morgan fingerprint density at radius 1 is 1.06 bits per heavy atom. The standard InChI is InChI=1S/C26H26N6O4/c1-35-21-12-11-16(13-22(21)36-2)15-27-26(34)29-23-14-20(17-7-4-3-5-8-17)31-32(23)25-28-19-10-6-9-18(19)24(33)30-25/h3-5,7-8,11-14H,6,9-10,15H2,1-2H3,(H2,27,29,34)(H,28,30,33). The van der Waals surface area contributed by atoms with Crippen LogP contribution in [-0.4, -0.2) is 40.0 Å². The van der Waals surface area contributed by atoms with Crippen LogP contribution in [0.1, 0.15) is 23.2 Å². The minimum absolute atomic E-state index is 0.173. The fourth-order valence-electron chi connectivity index (χ4n) is 4.24. The number of benzene rings is 2. The first-order valence-corrected chi connectivity index (χ1v) is 11.6. The average Bonchev–Trinajstić information content (AvgIpc) is 3.55. The minimum atomic E-state index is -0.436. The van der Waals surface area contributed by atoms with E-state index in [4.69, 9.17) is 9.47 Å². The van der Waals surface area contributed by atoms with Crippen LogP contribution < -0.4 is 25.7 Å². The topological polar surface area (TPSA) is 123 Å². The summed E-state index contributed by atoms with van der Waals surface area (Å²) in [6.45, 7) is 0.264. The number of carbonyl (C=O) groups is 1. The van der Waals surface area contributed by atoms with Crippen LogP contribution in [0.25, 0.3) is 17.2 Å². The first-order chi connectivity index (χ1) is 17.6. The van der Waals surface area contributed by atoms with Crippen LogP contribution in [0, 0.1) is 0 Å². The van der Waals surface area contributed by atoms with Gasteiger partial charge in [-0.05, 0) is 37.0 Å². The van der Waals surface area contributed by atoms with Crippen molar-refractivity contribution in [2.75, 3.05) is 19.5 Å². The van der Waals surface area contributed by atoms with E-state index in [1.165, 1.54) is 4.68 Å². The molecule has 4 aromatic rings. The normalized spacial score (nSPS) is 12.2. The van der Waals surface area contributed by atoms with E-state index in [1.807, 2.05) is 36.4 Å². The molecule has 36 heavy (non-hydrogen) atoms. The number of hydrogen-bond acceptors (Lipinski definition) is 6. The van der Waals surface area contributed by atoms with Gasteiger partial charge in [0, 0.05) is 23.7 Å². The molecular formula is C26H26N6O4. The minimum Gasteiger partial charge on any atom is -0.493 e. The van der Waals surface area contributed by atoms with Crippen molar-refractivity contribution >= 4 is 11.8 Å². The first kappa shape index (κ1) is 23.2. The Labute approximate surface area is 207 Å². The molecule has 5 rings (SSSR count). The number of nitrogens with zero attached hydrogens (tertiary/aromatic N) is 3. The number of nitrogens with one attached hydrogen (secondary N) is 3. The van der Waals surface area contributed by atoms with Crippen molar-refractivity contribution in [1.29, 1.82) is 0 Å². The Morgan fingerprint density at radius 3 is 2.64 bits per heavy atom. The number of aryl methyl sites for hydroxylation is 1. The zero-order chi connectivity index (χ0) is 25.1. The van der Waals surface area contributed by atoms with Crippen LogP contribution in [0.5, 0.6) is 11.5 Å². The van der Waals surface area contributed by atoms with Crippen LogP contribution in [0.15, 0.2) is 59.4 Å². The smallest absolute Gasteiger partial charge is 0.320 e. The number of fused-ring (bicyclic) bond motifs is 1. The molecule has 0 fully saturated rings. The summed E-state index contributed by atoms with van der Waals surface area (Å²) in [4.78, 5) is 32.9. The molecule has 0 spiro atoms. The van der Waals surface area contributed by atoms with Gasteiger partial charge in [0.2, 0.25) is 5.95 Å². The SMILES string of the molecule is COc1ccc(CNC(=O)Nc2cc(-c3ccccc3)nn2-c2nc3c(c(=O)[nH]2)CCC3)cc1OC. The van der Waals surface area contributed by atoms with Crippen LogP contribution in [0.2, 0.25) is 0 Å². The lowest BCUT2D eigenvalue weighted by molar-refractivity contribution is 0.251. The largest absolute Gasteiger partial charge is 0.493 e. The van der Waals surface area contributed by atoms with Crippen molar-refractivity contribution < 1.29 is 14.3 Å². The Kier molecular flexibility index (Phi) is 6.40. The Bertz CT molecular complexity index is 1460. The molecule has 184 valence electrons. The van der Waals surface area contributed by atoms with Crippen molar-refractivity contribution in [1.82, 2.24) is 25.1 Å². The van der Waals surface area contributed by atoms with Gasteiger partial charge in [-0.2, -0.15) is 9.78 Å². The second-order valence-electron chi connectivity index (χ2n) is 8.36. The molecule has 10 nitrogen and oxygen atoms in total. The number of anilines is 1. The molecular weight excluding hydrogens is 460 g/mol. The predicted molar refractivity (Wildman–Crippen MR) is 135 cm³/mol. The van der Waals surface area contributed by atoms with Gasteiger partial charge >= 0.3 is 6.03 Å². The number of amides is 2. The van der Waals surface area contributed by atoms with E-state index in [1.54, 1.807) is 32.4 Å². The zero-order valence-electron chi connectivity index (χ0n) is 20.0. The third-order valence-corrected chi connectivity index (χ3v) is 6.05. The van der Waals surface area contributed by atoms with Crippen molar-refractivity contribution in [2.45, 2.75) is 25.8 Å². The summed E-state index contributed by atoms with van der Waals surface area (Å²) in [7, 11) is 3.13. The molecule has 2 aromatic carbocycles. The monoisotopic (exact) mass is 486 g/mol. The number of aromatic nitrogens is 4. The second-order valence-corrected chi connectivity index (χ2v) is 8.36. The molecule has 10 heteroatoms. The van der Waals surface area contributed by atoms with Gasteiger partial charge in [0.1, 0.15) is 5.82 Å². The van der Waals surface area contributed by atoms with Crippen molar-refractivity contribution in [3.63, 3.8) is 0 Å². The molecule has 0 unspecified atom stereocenters. The number of rotatable bonds is 7. The number of aromatic amines is 1. The number of carbonyl (C=O) groups excluding carboxylic acids is 1. The molecule has 1 aliphatic carbocycles. The Hall–Kier alpha value is -4.60. The summed E-state index contributed by atoms with van der Waals surface area (Å²) in [6.07, 6.45) is 2.36. The third-order valence-electron chi connectivity index (χ3n) is 6.05. The fraction of sp³-hybridized carbons (Fsp3) is 0.231. The highest BCUT2D eigenvalue weighted by atomic mass is 16.5. The highest BCUT2D eigenvalue weighted by Crippen LogP contribution is 2.28. The quantitative estimate of drug-likeness (QED) is 0.368. The van der Waals surface area contributed by atoms with E-state index in [9.17, 15) is 9.59 Å². The molecule has 2 aromatic heterocycles. The fourth-order valence-corrected chi connectivity index (χ4v) is 4.24. The van der Waals surface area contributed by atoms with Crippen molar-refractivity contribution in [3.8, 4) is 28.7 Å². The molecule has 0 saturated heterocycles. The lowest BCUT2D eigenvalue weighted by Crippen LogP contribution is -2.29. The van der Waals surface area contributed by atoms with Gasteiger partial charge in [-0.25, -0.2) is 9.78 Å². The maximum atomic E-state index is 12.8. The van der Waals surface area contributed by atoms with Gasteiger partial charge in [-0.15, -0.1) is 0 Å². The maximum Gasteiger partial charge on any atom is 0.320 e. The Balaban J connectivity index is 1.41. The van der Waals surface area contributed by atoms with E-state index in [0.29, 0.717) is 23.0 Å². The number of urea groups is 1. The van der Waals surface area contributed by atoms with Crippen LogP contribution in [0.4, 0.5) is 10.6 Å². The number of ether oxygens (including phenoxy) is 2. The van der Waals surface area contributed by atoms with Gasteiger partial charge in [0.25, 0.3) is 5.56 Å². The van der Waals surface area contributed by atoms with E-state index < -0.39 is 6.03 Å². The first-order valence-electron chi connectivity index (χ1n) is 11.6. The highest BCUT2D eigenvalue weighted by Gasteiger charge is 2.21. The lowest BCUT2D eigenvalue weighted by atomic mass is 10.2. The molecule has 1 aliphatic rings. The van der Waals surface area contributed by atoms with E-state index in [2.05, 4.69) is 25.7 Å². The summed E-state index contributed by atoms with van der Waals surface area (Å²) in [5.41, 5.74) is 3.66. The Morgan fingerprint density at radius 2 is 1.86 bits per heavy atom. The number of H-pyrrole nitrogens is 1. The third kappa shape index (κ3) is 4.65. The molecule has 0 aliphatic heterocycles. The zero-order valence-corrected chi connectivity index (χ0v) is 20.0. The van der Waals surface area contributed by atoms with E-state index in [-0.39, 0.29) is 18.1 Å². The highest BCUT2D eigenvalue weighted by molar-refractivity contribution is 5.89. The summed E-state index contributed by atoms with van der Waals surface area (Å²) in [5.74, 6) is 1.83. The summed E-state index contributed by atoms with van der Waals surface area (Å²) in [5, 5.41) is 10.3. The summed E-state index contributed by atoms with van der Waals surface area (Å²) in [6, 6.07) is 16.3. The van der Waals surface area contributed by atoms with Gasteiger partial charge < -0.3 is 14.8 Å². The van der Waals surface area contributed by atoms with Gasteiger partial charge in [-0.1, -0.05) is 36.4 Å². The second kappa shape index (κ2) is 9.95. The molecule has 0 radical (unpaired) electrons. The van der Waals surface area contributed by atoms with Crippen LogP contribution >= 0.6 is 0 Å². The molecule has 2 amide bonds. The van der Waals surface area contributed by atoms with Crippen LogP contribution in [0.3, 0.4) is 0 Å². The van der Waals surface area contributed by atoms with Crippen molar-refractivity contribution in [3.05, 3.63) is 81.8 Å². The van der Waals surface area contributed by atoms with Crippen LogP contribution in [-0.2, 0) is 19.4 Å². The van der Waals surface area contributed by atoms with E-state index >= 15 is 0 Å². The van der Waals surface area contributed by atoms with Gasteiger partial charge in [0.15, 0.2) is 11.5 Å². The predicted octanol–water partition coefficient (Wildman–Crippen LogP) is 3.45. The molecule has 0 atom stereocenters. The number of hydrogen-bond donors (Lipinski definition) is 3. The molecule has 0 saturated carbocycles. The molecule has 3 N–H and O–H groups in total.